The van der Waals surface area contributed by atoms with Crippen LogP contribution in [0.4, 0.5) is 11.4 Å². The summed E-state index contributed by atoms with van der Waals surface area (Å²) in [6, 6.07) is 8.89. The van der Waals surface area contributed by atoms with Crippen molar-refractivity contribution in [3.63, 3.8) is 0 Å². The first-order valence-corrected chi connectivity index (χ1v) is 11.9. The summed E-state index contributed by atoms with van der Waals surface area (Å²) >= 11 is 0. The molecule has 10 heteroatoms. The minimum Gasteiger partial charge on any atom is -0.492 e. The molecule has 2 aliphatic rings. The van der Waals surface area contributed by atoms with E-state index in [-0.39, 0.29) is 6.79 Å². The quantitative estimate of drug-likeness (QED) is 0.390. The van der Waals surface area contributed by atoms with Gasteiger partial charge < -0.3 is 38.6 Å². The Morgan fingerprint density at radius 2 is 1.75 bits per heavy atom. The topological polar surface area (TPSA) is 105 Å². The second kappa shape index (κ2) is 12.2. The van der Waals surface area contributed by atoms with Gasteiger partial charge in [0.2, 0.25) is 6.79 Å². The first-order valence-electron chi connectivity index (χ1n) is 11.9. The molecule has 2 heterocycles. The van der Waals surface area contributed by atoms with E-state index < -0.39 is 18.5 Å². The van der Waals surface area contributed by atoms with E-state index in [0.29, 0.717) is 55.1 Å². The minimum absolute atomic E-state index is 0.173. The van der Waals surface area contributed by atoms with Gasteiger partial charge in [-0.1, -0.05) is 6.07 Å². The number of nitrogens with zero attached hydrogens (tertiary/aromatic N) is 1. The van der Waals surface area contributed by atoms with Crippen molar-refractivity contribution in [3.05, 3.63) is 42.0 Å². The fraction of sp³-hybridized carbons (Fsp3) is 0.385. The molecule has 2 aliphatic heterocycles. The lowest BCUT2D eigenvalue weighted by molar-refractivity contribution is -0.142. The number of nitrogens with one attached hydrogen (secondary N) is 1. The number of ether oxygens (including phenoxy) is 6. The molecule has 0 atom stereocenters. The highest BCUT2D eigenvalue weighted by atomic mass is 16.7. The number of anilines is 2. The standard InChI is InChI=1S/C26H30N2O8/c1-3-32-22-15-20(28-9-11-31-12-10-28)23(33-4-2)14-19(22)27-25(29)16-34-26(30)8-6-18-5-7-21-24(13-18)36-17-35-21/h5-8,13-15H,3-4,9-12,16-17H2,1-2H3,(H,27,29)/b8-6+. The summed E-state index contributed by atoms with van der Waals surface area (Å²) in [5.41, 5.74) is 2.06. The van der Waals surface area contributed by atoms with Gasteiger partial charge in [0.25, 0.3) is 5.91 Å². The molecule has 0 bridgehead atoms. The first-order chi connectivity index (χ1) is 17.6. The van der Waals surface area contributed by atoms with Gasteiger partial charge in [0.05, 0.1) is 37.8 Å². The number of hydrogen-bond acceptors (Lipinski definition) is 9. The summed E-state index contributed by atoms with van der Waals surface area (Å²) in [7, 11) is 0. The minimum atomic E-state index is -0.648. The molecule has 1 saturated heterocycles. The summed E-state index contributed by atoms with van der Waals surface area (Å²) in [6.07, 6.45) is 2.83. The van der Waals surface area contributed by atoms with Crippen LogP contribution in [0.5, 0.6) is 23.0 Å². The van der Waals surface area contributed by atoms with Crippen LogP contribution in [0.15, 0.2) is 36.4 Å². The molecule has 0 unspecified atom stereocenters. The van der Waals surface area contributed by atoms with Crippen LogP contribution >= 0.6 is 0 Å². The lowest BCUT2D eigenvalue weighted by atomic mass is 10.2. The Hall–Kier alpha value is -3.92. The van der Waals surface area contributed by atoms with E-state index in [2.05, 4.69) is 10.2 Å². The predicted octanol–water partition coefficient (Wildman–Crippen LogP) is 3.24. The van der Waals surface area contributed by atoms with E-state index >= 15 is 0 Å². The maximum atomic E-state index is 12.6. The zero-order valence-corrected chi connectivity index (χ0v) is 20.4. The van der Waals surface area contributed by atoms with Gasteiger partial charge in [-0.05, 0) is 37.6 Å². The maximum Gasteiger partial charge on any atom is 0.331 e. The smallest absolute Gasteiger partial charge is 0.331 e. The number of hydrogen-bond donors (Lipinski definition) is 1. The van der Waals surface area contributed by atoms with E-state index in [1.54, 1.807) is 30.3 Å². The van der Waals surface area contributed by atoms with Gasteiger partial charge in [-0.3, -0.25) is 4.79 Å². The van der Waals surface area contributed by atoms with Crippen LogP contribution < -0.4 is 29.2 Å². The molecule has 36 heavy (non-hydrogen) atoms. The van der Waals surface area contributed by atoms with Crippen molar-refractivity contribution in [2.24, 2.45) is 0 Å². The summed E-state index contributed by atoms with van der Waals surface area (Å²) < 4.78 is 32.8. The van der Waals surface area contributed by atoms with Gasteiger partial charge in [0, 0.05) is 31.3 Å². The number of morpholine rings is 1. The SMILES string of the molecule is CCOc1cc(N2CCOCC2)c(OCC)cc1NC(=O)COC(=O)/C=C/c1ccc2c(c1)OCO2. The number of fused-ring (bicyclic) bond motifs is 1. The Labute approximate surface area is 209 Å². The molecule has 0 saturated carbocycles. The predicted molar refractivity (Wildman–Crippen MR) is 133 cm³/mol. The number of carbonyl (C=O) groups excluding carboxylic acids is 2. The highest BCUT2D eigenvalue weighted by Gasteiger charge is 2.21. The highest BCUT2D eigenvalue weighted by Crippen LogP contribution is 2.39. The Bertz CT molecular complexity index is 1110. The Morgan fingerprint density at radius 1 is 1.00 bits per heavy atom. The number of amides is 1. The molecule has 192 valence electrons. The van der Waals surface area contributed by atoms with Gasteiger partial charge in [-0.15, -0.1) is 0 Å². The van der Waals surface area contributed by atoms with Crippen LogP contribution in [-0.4, -0.2) is 64.8 Å². The van der Waals surface area contributed by atoms with Crippen LogP contribution in [0.25, 0.3) is 6.08 Å². The van der Waals surface area contributed by atoms with Crippen molar-refractivity contribution in [1.82, 2.24) is 0 Å². The van der Waals surface area contributed by atoms with Crippen LogP contribution in [0.3, 0.4) is 0 Å². The molecule has 1 amide bonds. The average Bonchev–Trinajstić information content (AvgIpc) is 3.36. The third kappa shape index (κ3) is 6.39. The van der Waals surface area contributed by atoms with Crippen LogP contribution in [0, 0.1) is 0 Å². The molecule has 0 radical (unpaired) electrons. The first kappa shape index (κ1) is 25.2. The molecule has 0 aliphatic carbocycles. The molecule has 0 spiro atoms. The Balaban J connectivity index is 1.38. The number of benzene rings is 2. The number of carbonyl (C=O) groups is 2. The van der Waals surface area contributed by atoms with Crippen molar-refractivity contribution in [2.75, 3.05) is 63.1 Å². The van der Waals surface area contributed by atoms with E-state index in [0.717, 1.165) is 24.3 Å². The second-order valence-electron chi connectivity index (χ2n) is 7.88. The molecule has 10 nitrogen and oxygen atoms in total. The third-order valence-corrected chi connectivity index (χ3v) is 5.44. The van der Waals surface area contributed by atoms with Crippen molar-refractivity contribution < 1.29 is 38.0 Å². The van der Waals surface area contributed by atoms with Gasteiger partial charge in [0.15, 0.2) is 18.1 Å². The summed E-state index contributed by atoms with van der Waals surface area (Å²) in [5.74, 6) is 1.25. The van der Waals surface area contributed by atoms with Gasteiger partial charge in [-0.25, -0.2) is 4.79 Å². The van der Waals surface area contributed by atoms with Crippen molar-refractivity contribution in [2.45, 2.75) is 13.8 Å². The van der Waals surface area contributed by atoms with E-state index in [4.69, 9.17) is 28.4 Å². The summed E-state index contributed by atoms with van der Waals surface area (Å²) in [6.45, 7) is 7.08. The molecule has 1 fully saturated rings. The molecule has 0 aromatic heterocycles. The van der Waals surface area contributed by atoms with Crippen LogP contribution in [0.2, 0.25) is 0 Å². The third-order valence-electron chi connectivity index (χ3n) is 5.44. The monoisotopic (exact) mass is 498 g/mol. The largest absolute Gasteiger partial charge is 0.492 e. The van der Waals surface area contributed by atoms with E-state index in [9.17, 15) is 9.59 Å². The molecular weight excluding hydrogens is 468 g/mol. The number of rotatable bonds is 10. The zero-order valence-electron chi connectivity index (χ0n) is 20.4. The zero-order chi connectivity index (χ0) is 25.3. The molecule has 1 N–H and O–H groups in total. The van der Waals surface area contributed by atoms with Gasteiger partial charge in [0.1, 0.15) is 11.5 Å². The second-order valence-corrected chi connectivity index (χ2v) is 7.88. The van der Waals surface area contributed by atoms with Gasteiger partial charge in [-0.2, -0.15) is 0 Å². The van der Waals surface area contributed by atoms with E-state index in [1.165, 1.54) is 6.08 Å². The van der Waals surface area contributed by atoms with Crippen molar-refractivity contribution >= 4 is 29.3 Å². The van der Waals surface area contributed by atoms with Crippen LogP contribution in [0.1, 0.15) is 19.4 Å². The van der Waals surface area contributed by atoms with Crippen LogP contribution in [-0.2, 0) is 19.1 Å². The Kier molecular flexibility index (Phi) is 8.51. The molecule has 4 rings (SSSR count). The van der Waals surface area contributed by atoms with E-state index in [1.807, 2.05) is 19.9 Å². The fourth-order valence-corrected chi connectivity index (χ4v) is 3.80. The van der Waals surface area contributed by atoms with Gasteiger partial charge >= 0.3 is 5.97 Å². The number of esters is 1. The van der Waals surface area contributed by atoms with Crippen molar-refractivity contribution in [3.8, 4) is 23.0 Å². The molecular formula is C26H30N2O8. The molecule has 2 aromatic carbocycles. The maximum absolute atomic E-state index is 12.6. The molecule has 2 aromatic rings. The normalized spacial score (nSPS) is 14.6. The average molecular weight is 499 g/mol. The summed E-state index contributed by atoms with van der Waals surface area (Å²) in [5, 5.41) is 2.76. The lowest BCUT2D eigenvalue weighted by Crippen LogP contribution is -2.36. The highest BCUT2D eigenvalue weighted by molar-refractivity contribution is 5.96. The van der Waals surface area contributed by atoms with Crippen molar-refractivity contribution in [1.29, 1.82) is 0 Å². The lowest BCUT2D eigenvalue weighted by Gasteiger charge is -2.31. The fourth-order valence-electron chi connectivity index (χ4n) is 3.80. The Morgan fingerprint density at radius 3 is 2.53 bits per heavy atom. The summed E-state index contributed by atoms with van der Waals surface area (Å²) in [4.78, 5) is 26.9.